The summed E-state index contributed by atoms with van der Waals surface area (Å²) in [7, 11) is 6.52. The number of H-pyrrole nitrogens is 1. The first kappa shape index (κ1) is 17.9. The predicted octanol–water partition coefficient (Wildman–Crippen LogP) is 3.49. The van der Waals surface area contributed by atoms with Crippen LogP contribution in [-0.2, 0) is 13.1 Å². The lowest BCUT2D eigenvalue weighted by atomic mass is 10.1. The molecule has 3 rings (SSSR count). The zero-order valence-corrected chi connectivity index (χ0v) is 15.5. The van der Waals surface area contributed by atoms with E-state index in [1.165, 1.54) is 5.56 Å². The Bertz CT molecular complexity index is 864. The third-order valence-corrected chi connectivity index (χ3v) is 4.34. The van der Waals surface area contributed by atoms with Crippen LogP contribution >= 0.6 is 0 Å². The maximum absolute atomic E-state index is 5.40. The molecule has 0 radical (unpaired) electrons. The van der Waals surface area contributed by atoms with Gasteiger partial charge in [-0.05, 0) is 41.5 Å². The highest BCUT2D eigenvalue weighted by atomic mass is 16.5. The molecule has 6 nitrogen and oxygen atoms in total. The lowest BCUT2D eigenvalue weighted by Gasteiger charge is -2.14. The van der Waals surface area contributed by atoms with Gasteiger partial charge in [0.15, 0.2) is 11.5 Å². The van der Waals surface area contributed by atoms with Crippen LogP contribution < -0.4 is 24.3 Å². The summed E-state index contributed by atoms with van der Waals surface area (Å²) in [5.74, 6) is 2.76. The van der Waals surface area contributed by atoms with Gasteiger partial charge in [-0.25, -0.2) is 0 Å². The van der Waals surface area contributed by atoms with Crippen LogP contribution in [0.2, 0.25) is 0 Å². The van der Waals surface area contributed by atoms with E-state index in [9.17, 15) is 0 Å². The average molecular weight is 356 g/mol. The Balaban J connectivity index is 1.74. The Labute approximate surface area is 153 Å². The van der Waals surface area contributed by atoms with Crippen molar-refractivity contribution in [3.8, 4) is 23.0 Å². The van der Waals surface area contributed by atoms with Gasteiger partial charge in [-0.2, -0.15) is 0 Å². The van der Waals surface area contributed by atoms with E-state index < -0.39 is 0 Å². The number of hydrogen-bond acceptors (Lipinski definition) is 5. The van der Waals surface area contributed by atoms with E-state index in [2.05, 4.69) is 10.3 Å². The van der Waals surface area contributed by atoms with Crippen LogP contribution in [0.4, 0.5) is 0 Å². The SMILES string of the molecule is COc1ccc2[nH]cc(CNCc3cc(OC)c(OC)c(OC)c3)c2c1. The number of nitrogens with one attached hydrogen (secondary N) is 2. The lowest BCUT2D eigenvalue weighted by molar-refractivity contribution is 0.323. The highest BCUT2D eigenvalue weighted by molar-refractivity contribution is 5.84. The van der Waals surface area contributed by atoms with Gasteiger partial charge in [0.1, 0.15) is 5.75 Å². The first-order valence-electron chi connectivity index (χ1n) is 8.33. The van der Waals surface area contributed by atoms with Gasteiger partial charge in [0, 0.05) is 30.2 Å². The molecule has 6 heteroatoms. The van der Waals surface area contributed by atoms with Crippen LogP contribution in [0.3, 0.4) is 0 Å². The number of methoxy groups -OCH3 is 4. The lowest BCUT2D eigenvalue weighted by Crippen LogP contribution is -2.12. The maximum Gasteiger partial charge on any atom is 0.203 e. The molecule has 26 heavy (non-hydrogen) atoms. The smallest absolute Gasteiger partial charge is 0.203 e. The number of aromatic amines is 1. The Morgan fingerprint density at radius 2 is 1.58 bits per heavy atom. The van der Waals surface area contributed by atoms with Gasteiger partial charge in [0.25, 0.3) is 0 Å². The highest BCUT2D eigenvalue weighted by Gasteiger charge is 2.13. The second-order valence-electron chi connectivity index (χ2n) is 5.86. The maximum atomic E-state index is 5.40. The van der Waals surface area contributed by atoms with Crippen molar-refractivity contribution in [2.24, 2.45) is 0 Å². The molecular formula is C20H24N2O4. The Morgan fingerprint density at radius 3 is 2.19 bits per heavy atom. The predicted molar refractivity (Wildman–Crippen MR) is 101 cm³/mol. The summed E-state index contributed by atoms with van der Waals surface area (Å²) in [6, 6.07) is 9.92. The summed E-state index contributed by atoms with van der Waals surface area (Å²) in [6.07, 6.45) is 2.02. The summed E-state index contributed by atoms with van der Waals surface area (Å²) in [4.78, 5) is 3.29. The Morgan fingerprint density at radius 1 is 0.846 bits per heavy atom. The van der Waals surface area contributed by atoms with Crippen molar-refractivity contribution in [2.45, 2.75) is 13.1 Å². The summed E-state index contributed by atoms with van der Waals surface area (Å²) in [5.41, 5.74) is 3.33. The van der Waals surface area contributed by atoms with Crippen LogP contribution in [-0.4, -0.2) is 33.4 Å². The monoisotopic (exact) mass is 356 g/mol. The van der Waals surface area contributed by atoms with Gasteiger partial charge in [-0.3, -0.25) is 0 Å². The van der Waals surface area contributed by atoms with E-state index in [0.717, 1.165) is 28.8 Å². The van der Waals surface area contributed by atoms with Gasteiger partial charge in [0.05, 0.1) is 28.4 Å². The minimum atomic E-state index is 0.600. The standard InChI is InChI=1S/C20H24N2O4/c1-23-15-5-6-17-16(9-15)14(12-22-17)11-21-10-13-7-18(24-2)20(26-4)19(8-13)25-3/h5-9,12,21-22H,10-11H2,1-4H3. The van der Waals surface area contributed by atoms with Crippen molar-refractivity contribution >= 4 is 10.9 Å². The van der Waals surface area contributed by atoms with Crippen molar-refractivity contribution in [3.05, 3.63) is 47.7 Å². The topological polar surface area (TPSA) is 64.7 Å². The van der Waals surface area contributed by atoms with Crippen molar-refractivity contribution in [2.75, 3.05) is 28.4 Å². The molecular weight excluding hydrogens is 332 g/mol. The number of rotatable bonds is 8. The van der Waals surface area contributed by atoms with E-state index >= 15 is 0 Å². The number of benzene rings is 2. The minimum absolute atomic E-state index is 0.600. The van der Waals surface area contributed by atoms with Crippen molar-refractivity contribution in [1.82, 2.24) is 10.3 Å². The molecule has 0 amide bonds. The number of aromatic nitrogens is 1. The zero-order chi connectivity index (χ0) is 18.5. The van der Waals surface area contributed by atoms with Crippen molar-refractivity contribution < 1.29 is 18.9 Å². The molecule has 0 saturated carbocycles. The van der Waals surface area contributed by atoms with Crippen LogP contribution in [0.15, 0.2) is 36.5 Å². The second-order valence-corrected chi connectivity index (χ2v) is 5.86. The number of hydrogen-bond donors (Lipinski definition) is 2. The fraction of sp³-hybridized carbons (Fsp3) is 0.300. The molecule has 0 aliphatic rings. The molecule has 0 fully saturated rings. The van der Waals surface area contributed by atoms with Gasteiger partial charge in [-0.1, -0.05) is 0 Å². The number of ether oxygens (including phenoxy) is 4. The normalized spacial score (nSPS) is 10.8. The molecule has 0 saturated heterocycles. The Kier molecular flexibility index (Phi) is 5.53. The number of fused-ring (bicyclic) bond motifs is 1. The molecule has 138 valence electrons. The molecule has 0 spiro atoms. The van der Waals surface area contributed by atoms with Gasteiger partial charge in [-0.15, -0.1) is 0 Å². The summed E-state index contributed by atoms with van der Waals surface area (Å²) < 4.78 is 21.5. The Hall–Kier alpha value is -2.86. The first-order valence-corrected chi connectivity index (χ1v) is 8.33. The molecule has 1 aromatic heterocycles. The van der Waals surface area contributed by atoms with Crippen LogP contribution in [0, 0.1) is 0 Å². The molecule has 1 heterocycles. The van der Waals surface area contributed by atoms with Gasteiger partial charge >= 0.3 is 0 Å². The molecule has 0 aliphatic heterocycles. The van der Waals surface area contributed by atoms with Gasteiger partial charge < -0.3 is 29.2 Å². The van der Waals surface area contributed by atoms with Crippen LogP contribution in [0.25, 0.3) is 10.9 Å². The third kappa shape index (κ3) is 3.55. The highest BCUT2D eigenvalue weighted by Crippen LogP contribution is 2.38. The van der Waals surface area contributed by atoms with E-state index in [1.54, 1.807) is 28.4 Å². The molecule has 0 aliphatic carbocycles. The molecule has 2 aromatic carbocycles. The first-order chi connectivity index (χ1) is 12.7. The van der Waals surface area contributed by atoms with Crippen molar-refractivity contribution in [3.63, 3.8) is 0 Å². The van der Waals surface area contributed by atoms with E-state index in [0.29, 0.717) is 23.8 Å². The molecule has 0 atom stereocenters. The fourth-order valence-electron chi connectivity index (χ4n) is 3.01. The zero-order valence-electron chi connectivity index (χ0n) is 15.5. The summed E-state index contributed by atoms with van der Waals surface area (Å²) in [5, 5.41) is 4.62. The second kappa shape index (κ2) is 8.01. The van der Waals surface area contributed by atoms with Gasteiger partial charge in [0.2, 0.25) is 5.75 Å². The van der Waals surface area contributed by atoms with E-state index in [-0.39, 0.29) is 0 Å². The van der Waals surface area contributed by atoms with Crippen LogP contribution in [0.1, 0.15) is 11.1 Å². The largest absolute Gasteiger partial charge is 0.497 e. The third-order valence-electron chi connectivity index (χ3n) is 4.34. The minimum Gasteiger partial charge on any atom is -0.497 e. The van der Waals surface area contributed by atoms with Crippen LogP contribution in [0.5, 0.6) is 23.0 Å². The van der Waals surface area contributed by atoms with E-state index in [1.807, 2.05) is 36.5 Å². The quantitative estimate of drug-likeness (QED) is 0.647. The molecule has 0 unspecified atom stereocenters. The summed E-state index contributed by atoms with van der Waals surface area (Å²) >= 11 is 0. The average Bonchev–Trinajstić information content (AvgIpc) is 3.09. The van der Waals surface area contributed by atoms with Crippen molar-refractivity contribution in [1.29, 1.82) is 0 Å². The molecule has 3 aromatic rings. The fourth-order valence-corrected chi connectivity index (χ4v) is 3.01. The molecule has 0 bridgehead atoms. The van der Waals surface area contributed by atoms with E-state index in [4.69, 9.17) is 18.9 Å². The summed E-state index contributed by atoms with van der Waals surface area (Å²) in [6.45, 7) is 1.40. The molecule has 2 N–H and O–H groups in total.